The second kappa shape index (κ2) is 13.3. The highest BCUT2D eigenvalue weighted by atomic mass is 19.4. The molecule has 3 aliphatic rings. The summed E-state index contributed by atoms with van der Waals surface area (Å²) in [7, 11) is 0. The summed E-state index contributed by atoms with van der Waals surface area (Å²) in [5.41, 5.74) is 0.449. The maximum absolute atomic E-state index is 13.6. The summed E-state index contributed by atoms with van der Waals surface area (Å²) in [5.74, 6) is 0.763. The van der Waals surface area contributed by atoms with E-state index in [0.717, 1.165) is 69.3 Å². The van der Waals surface area contributed by atoms with Crippen molar-refractivity contribution in [1.29, 1.82) is 0 Å². The third kappa shape index (κ3) is 7.10. The molecule has 44 heavy (non-hydrogen) atoms. The normalized spacial score (nSPS) is 24.2. The number of alkyl halides is 4. The topological polar surface area (TPSA) is 95.9 Å². The van der Waals surface area contributed by atoms with Gasteiger partial charge < -0.3 is 14.7 Å². The number of hydrogen-bond donors (Lipinski definition) is 1. The standard InChI is InChI=1S/C32H40F4N4O4/c1-3-39(17-21-9-7-20(8-10-21)13-28(41)42)30-27(38-26(16-37-30)23-5-4-6-23)18-40-19(2)29(44-31(40)43)24-11-22(15-33)12-25(14-24)32(34,35)36/h11-12,14,16,19-21,23,29H,3-10,13,15,17-18H2,1-2H3,(H,41,42)/t19-,20?,21?,29?/m0/s1. The molecule has 240 valence electrons. The van der Waals surface area contributed by atoms with Gasteiger partial charge in [0.2, 0.25) is 0 Å². The van der Waals surface area contributed by atoms with Crippen molar-refractivity contribution in [2.24, 2.45) is 11.8 Å². The summed E-state index contributed by atoms with van der Waals surface area (Å²) in [4.78, 5) is 37.8. The van der Waals surface area contributed by atoms with Crippen LogP contribution in [0.4, 0.5) is 28.2 Å². The molecule has 1 aromatic heterocycles. The van der Waals surface area contributed by atoms with E-state index in [2.05, 4.69) is 4.90 Å². The number of nitrogens with zero attached hydrogens (tertiary/aromatic N) is 4. The van der Waals surface area contributed by atoms with Crippen molar-refractivity contribution in [2.75, 3.05) is 18.0 Å². The molecular weight excluding hydrogens is 580 g/mol. The Morgan fingerprint density at radius 1 is 1.11 bits per heavy atom. The number of cyclic esters (lactones) is 1. The fraction of sp³-hybridized carbons (Fsp3) is 0.625. The average molecular weight is 621 g/mol. The molecule has 0 bridgehead atoms. The Balaban J connectivity index is 1.38. The van der Waals surface area contributed by atoms with Crippen LogP contribution in [0.3, 0.4) is 0 Å². The Morgan fingerprint density at radius 3 is 2.41 bits per heavy atom. The number of aliphatic carboxylic acids is 1. The Hall–Kier alpha value is -3.44. The summed E-state index contributed by atoms with van der Waals surface area (Å²) >= 11 is 0. The van der Waals surface area contributed by atoms with Crippen LogP contribution in [-0.2, 0) is 28.9 Å². The number of benzene rings is 1. The first-order valence-corrected chi connectivity index (χ1v) is 15.5. The molecule has 2 heterocycles. The molecule has 2 atom stereocenters. The lowest BCUT2D eigenvalue weighted by Crippen LogP contribution is -2.36. The number of amides is 1. The molecule has 2 aromatic rings. The van der Waals surface area contributed by atoms with Crippen LogP contribution >= 0.6 is 0 Å². The third-order valence-electron chi connectivity index (χ3n) is 9.49. The molecule has 2 saturated carbocycles. The zero-order valence-electron chi connectivity index (χ0n) is 25.2. The highest BCUT2D eigenvalue weighted by Gasteiger charge is 2.42. The second-order valence-electron chi connectivity index (χ2n) is 12.5. The molecule has 1 aromatic carbocycles. The van der Waals surface area contributed by atoms with Crippen LogP contribution in [0.25, 0.3) is 0 Å². The number of carboxylic acid groups (broad SMARTS) is 1. The summed E-state index contributed by atoms with van der Waals surface area (Å²) < 4.78 is 59.8. The van der Waals surface area contributed by atoms with Crippen LogP contribution in [0.5, 0.6) is 0 Å². The van der Waals surface area contributed by atoms with Crippen molar-refractivity contribution >= 4 is 17.9 Å². The maximum Gasteiger partial charge on any atom is 0.416 e. The van der Waals surface area contributed by atoms with Gasteiger partial charge in [-0.05, 0) is 93.5 Å². The van der Waals surface area contributed by atoms with Gasteiger partial charge in [-0.25, -0.2) is 14.2 Å². The monoisotopic (exact) mass is 620 g/mol. The van der Waals surface area contributed by atoms with E-state index >= 15 is 0 Å². The quantitative estimate of drug-likeness (QED) is 0.261. The van der Waals surface area contributed by atoms with Crippen molar-refractivity contribution in [2.45, 2.75) is 103 Å². The van der Waals surface area contributed by atoms with E-state index in [1.165, 1.54) is 11.0 Å². The Kier molecular flexibility index (Phi) is 9.65. The molecule has 8 nitrogen and oxygen atoms in total. The molecule has 0 spiro atoms. The van der Waals surface area contributed by atoms with Crippen molar-refractivity contribution in [3.63, 3.8) is 0 Å². The number of rotatable bonds is 11. The first kappa shape index (κ1) is 32.0. The van der Waals surface area contributed by atoms with Crippen LogP contribution < -0.4 is 4.90 Å². The van der Waals surface area contributed by atoms with Gasteiger partial charge in [0, 0.05) is 25.4 Å². The number of carbonyl (C=O) groups is 2. The average Bonchev–Trinajstić information content (AvgIpc) is 3.23. The molecule has 3 fully saturated rings. The first-order chi connectivity index (χ1) is 21.0. The van der Waals surface area contributed by atoms with E-state index in [-0.39, 0.29) is 30.0 Å². The van der Waals surface area contributed by atoms with Gasteiger partial charge in [-0.15, -0.1) is 0 Å². The zero-order chi connectivity index (χ0) is 31.6. The van der Waals surface area contributed by atoms with Gasteiger partial charge in [-0.3, -0.25) is 14.7 Å². The second-order valence-corrected chi connectivity index (χ2v) is 12.5. The van der Waals surface area contributed by atoms with E-state index < -0.39 is 42.6 Å². The number of ether oxygens (including phenoxy) is 1. The summed E-state index contributed by atoms with van der Waals surface area (Å²) in [6, 6.07) is 2.37. The lowest BCUT2D eigenvalue weighted by atomic mass is 9.80. The highest BCUT2D eigenvalue weighted by molar-refractivity contribution is 5.71. The number of anilines is 1. The molecule has 0 radical (unpaired) electrons. The highest BCUT2D eigenvalue weighted by Crippen LogP contribution is 2.40. The van der Waals surface area contributed by atoms with E-state index in [4.69, 9.17) is 19.8 Å². The molecule has 5 rings (SSSR count). The van der Waals surface area contributed by atoms with Gasteiger partial charge in [-0.2, -0.15) is 13.2 Å². The summed E-state index contributed by atoms with van der Waals surface area (Å²) in [6.07, 6.45) is 2.38. The SMILES string of the molecule is CCN(CC1CCC(CC(=O)O)CC1)c1ncc(C2CCC2)nc1CN1C(=O)OC(c2cc(CF)cc(C(F)(F)F)c2)[C@@H]1C. The molecule has 1 unspecified atom stereocenters. The number of aromatic nitrogens is 2. The minimum Gasteiger partial charge on any atom is -0.481 e. The molecule has 12 heteroatoms. The molecule has 1 saturated heterocycles. The van der Waals surface area contributed by atoms with E-state index in [0.29, 0.717) is 29.9 Å². The van der Waals surface area contributed by atoms with Gasteiger partial charge in [-0.1, -0.05) is 6.42 Å². The van der Waals surface area contributed by atoms with Crippen molar-refractivity contribution < 1.29 is 37.0 Å². The lowest BCUT2D eigenvalue weighted by Gasteiger charge is -2.34. The number of halogens is 4. The van der Waals surface area contributed by atoms with Crippen LogP contribution in [0, 0.1) is 11.8 Å². The van der Waals surface area contributed by atoms with Crippen LogP contribution in [0.2, 0.25) is 0 Å². The van der Waals surface area contributed by atoms with Crippen molar-refractivity contribution in [3.05, 3.63) is 52.5 Å². The Bertz CT molecular complexity index is 1340. The number of hydrogen-bond acceptors (Lipinski definition) is 6. The lowest BCUT2D eigenvalue weighted by molar-refractivity contribution is -0.139. The minimum atomic E-state index is -4.67. The van der Waals surface area contributed by atoms with Gasteiger partial charge >= 0.3 is 18.2 Å². The predicted molar refractivity (Wildman–Crippen MR) is 155 cm³/mol. The fourth-order valence-electron chi connectivity index (χ4n) is 6.69. The first-order valence-electron chi connectivity index (χ1n) is 15.5. The maximum atomic E-state index is 13.6. The van der Waals surface area contributed by atoms with Gasteiger partial charge in [0.25, 0.3) is 0 Å². The largest absolute Gasteiger partial charge is 0.481 e. The molecule has 1 amide bonds. The number of carboxylic acids is 1. The van der Waals surface area contributed by atoms with Gasteiger partial charge in [0.05, 0.1) is 30.0 Å². The molecule has 2 aliphatic carbocycles. The van der Waals surface area contributed by atoms with Crippen molar-refractivity contribution in [1.82, 2.24) is 14.9 Å². The van der Waals surface area contributed by atoms with Crippen LogP contribution in [0.15, 0.2) is 24.4 Å². The fourth-order valence-corrected chi connectivity index (χ4v) is 6.69. The molecule has 1 N–H and O–H groups in total. The zero-order valence-corrected chi connectivity index (χ0v) is 25.2. The van der Waals surface area contributed by atoms with E-state index in [1.54, 1.807) is 6.92 Å². The molecule has 1 aliphatic heterocycles. The van der Waals surface area contributed by atoms with Gasteiger partial charge in [0.15, 0.2) is 5.82 Å². The Labute approximate surface area is 254 Å². The number of carbonyl (C=O) groups excluding carboxylic acids is 1. The predicted octanol–water partition coefficient (Wildman–Crippen LogP) is 7.42. The van der Waals surface area contributed by atoms with Crippen LogP contribution in [0.1, 0.15) is 105 Å². The summed E-state index contributed by atoms with van der Waals surface area (Å²) in [6.45, 7) is 4.10. The smallest absolute Gasteiger partial charge is 0.416 e. The van der Waals surface area contributed by atoms with Crippen LogP contribution in [-0.4, -0.2) is 51.2 Å². The third-order valence-corrected chi connectivity index (χ3v) is 9.49. The molecular formula is C32H40F4N4O4. The summed E-state index contributed by atoms with van der Waals surface area (Å²) in [5, 5.41) is 9.16. The minimum absolute atomic E-state index is 0.0657. The van der Waals surface area contributed by atoms with E-state index in [1.807, 2.05) is 13.1 Å². The van der Waals surface area contributed by atoms with Gasteiger partial charge in [0.1, 0.15) is 18.5 Å². The van der Waals surface area contributed by atoms with E-state index in [9.17, 15) is 27.2 Å². The van der Waals surface area contributed by atoms with Crippen molar-refractivity contribution in [3.8, 4) is 0 Å². The Morgan fingerprint density at radius 2 is 1.82 bits per heavy atom.